The Balaban J connectivity index is 1.62. The monoisotopic (exact) mass is 413 g/mol. The fraction of sp³-hybridized carbons (Fsp3) is 0.0625. The molecule has 0 atom stereocenters. The lowest BCUT2D eigenvalue weighted by atomic mass is 10.2. The minimum absolute atomic E-state index is 0.275. The van der Waals surface area contributed by atoms with Crippen molar-refractivity contribution in [2.75, 3.05) is 5.32 Å². The number of nitrogens with one attached hydrogen (secondary N) is 1. The van der Waals surface area contributed by atoms with Gasteiger partial charge in [-0.2, -0.15) is 0 Å². The van der Waals surface area contributed by atoms with Gasteiger partial charge in [0.1, 0.15) is 5.82 Å². The molecule has 1 N–H and O–H groups in total. The summed E-state index contributed by atoms with van der Waals surface area (Å²) in [6, 6.07) is 10.9. The van der Waals surface area contributed by atoms with Crippen LogP contribution in [0.15, 0.2) is 46.8 Å². The molecule has 0 unspecified atom stereocenters. The molecule has 0 saturated carbocycles. The number of halogens is 3. The van der Waals surface area contributed by atoms with Gasteiger partial charge in [0.25, 0.3) is 5.91 Å². The van der Waals surface area contributed by atoms with E-state index in [2.05, 4.69) is 15.5 Å². The van der Waals surface area contributed by atoms with Crippen molar-refractivity contribution < 1.29 is 9.18 Å². The number of amides is 1. The second-order valence-electron chi connectivity index (χ2n) is 4.90. The third-order valence-corrected chi connectivity index (χ3v) is 5.48. The largest absolute Gasteiger partial charge is 0.296 e. The van der Waals surface area contributed by atoms with Crippen molar-refractivity contribution in [3.63, 3.8) is 0 Å². The second kappa shape index (κ2) is 8.14. The van der Waals surface area contributed by atoms with Crippen molar-refractivity contribution in [1.82, 2.24) is 10.2 Å². The molecule has 25 heavy (non-hydrogen) atoms. The molecule has 2 aromatic carbocycles. The number of hydrogen-bond donors (Lipinski definition) is 1. The third-order valence-electron chi connectivity index (χ3n) is 3.00. The van der Waals surface area contributed by atoms with Crippen molar-refractivity contribution in [3.05, 3.63) is 69.5 Å². The van der Waals surface area contributed by atoms with Crippen LogP contribution >= 0.6 is 46.3 Å². The highest BCUT2D eigenvalue weighted by atomic mass is 35.5. The standard InChI is InChI=1S/C16H10Cl2FN3OS2/c17-11-5-10(6-12(18)7-11)14(23)20-15-21-22-16(25-15)24-8-9-2-1-3-13(19)4-9/h1-7H,8H2,(H,20,21,23). The summed E-state index contributed by atoms with van der Waals surface area (Å²) in [5.41, 5.74) is 1.18. The van der Waals surface area contributed by atoms with Crippen LogP contribution in [0.2, 0.25) is 10.0 Å². The van der Waals surface area contributed by atoms with Crippen molar-refractivity contribution in [2.24, 2.45) is 0 Å². The molecule has 4 nitrogen and oxygen atoms in total. The molecule has 0 aliphatic carbocycles. The Bertz CT molecular complexity index is 900. The molecule has 128 valence electrons. The third kappa shape index (κ3) is 5.15. The molecule has 1 amide bonds. The van der Waals surface area contributed by atoms with Crippen molar-refractivity contribution in [2.45, 2.75) is 10.1 Å². The van der Waals surface area contributed by atoms with Crippen LogP contribution in [0.4, 0.5) is 9.52 Å². The quantitative estimate of drug-likeness (QED) is 0.441. The summed E-state index contributed by atoms with van der Waals surface area (Å²) >= 11 is 14.4. The van der Waals surface area contributed by atoms with Crippen LogP contribution in [0.5, 0.6) is 0 Å². The Hall–Kier alpha value is -1.67. The molecule has 0 radical (unpaired) electrons. The first-order valence-corrected chi connectivity index (χ1v) is 9.53. The summed E-state index contributed by atoms with van der Waals surface area (Å²) in [7, 11) is 0. The van der Waals surface area contributed by atoms with Gasteiger partial charge in [-0.1, -0.05) is 58.4 Å². The van der Waals surface area contributed by atoms with Crippen molar-refractivity contribution in [3.8, 4) is 0 Å². The molecule has 1 aromatic heterocycles. The lowest BCUT2D eigenvalue weighted by Gasteiger charge is -2.02. The number of thioether (sulfide) groups is 1. The molecular formula is C16H10Cl2FN3OS2. The summed E-state index contributed by atoms with van der Waals surface area (Å²) < 4.78 is 13.8. The molecule has 0 fully saturated rings. The summed E-state index contributed by atoms with van der Waals surface area (Å²) in [6.07, 6.45) is 0. The molecule has 3 aromatic rings. The van der Waals surface area contributed by atoms with Gasteiger partial charge in [0, 0.05) is 21.4 Å². The number of rotatable bonds is 5. The Morgan fingerprint density at radius 2 is 1.92 bits per heavy atom. The number of anilines is 1. The highest BCUT2D eigenvalue weighted by molar-refractivity contribution is 8.00. The van der Waals surface area contributed by atoms with Gasteiger partial charge in [-0.15, -0.1) is 10.2 Å². The zero-order chi connectivity index (χ0) is 17.8. The van der Waals surface area contributed by atoms with Gasteiger partial charge in [-0.3, -0.25) is 10.1 Å². The lowest BCUT2D eigenvalue weighted by Crippen LogP contribution is -2.11. The average Bonchev–Trinajstić information content (AvgIpc) is 2.99. The highest BCUT2D eigenvalue weighted by Crippen LogP contribution is 2.29. The average molecular weight is 414 g/mol. The van der Waals surface area contributed by atoms with Crippen LogP contribution in [-0.4, -0.2) is 16.1 Å². The van der Waals surface area contributed by atoms with Crippen LogP contribution in [-0.2, 0) is 5.75 Å². The molecule has 0 saturated heterocycles. The minimum Gasteiger partial charge on any atom is -0.296 e. The summed E-state index contributed by atoms with van der Waals surface area (Å²) in [4.78, 5) is 12.2. The van der Waals surface area contributed by atoms with E-state index in [0.717, 1.165) is 5.56 Å². The second-order valence-corrected chi connectivity index (χ2v) is 7.98. The van der Waals surface area contributed by atoms with Gasteiger partial charge in [0.05, 0.1) is 0 Å². The van der Waals surface area contributed by atoms with Gasteiger partial charge >= 0.3 is 0 Å². The van der Waals surface area contributed by atoms with Crippen LogP contribution < -0.4 is 5.32 Å². The van der Waals surface area contributed by atoms with E-state index in [-0.39, 0.29) is 11.7 Å². The van der Waals surface area contributed by atoms with E-state index in [0.29, 0.717) is 30.8 Å². The predicted molar refractivity (Wildman–Crippen MR) is 100 cm³/mol. The van der Waals surface area contributed by atoms with Crippen molar-refractivity contribution >= 4 is 57.3 Å². The van der Waals surface area contributed by atoms with E-state index >= 15 is 0 Å². The first-order valence-electron chi connectivity index (χ1n) is 6.98. The molecular weight excluding hydrogens is 404 g/mol. The van der Waals surface area contributed by atoms with E-state index in [1.54, 1.807) is 12.1 Å². The smallest absolute Gasteiger partial charge is 0.257 e. The van der Waals surface area contributed by atoms with Gasteiger partial charge in [0.2, 0.25) is 5.13 Å². The maximum atomic E-state index is 13.2. The maximum Gasteiger partial charge on any atom is 0.257 e. The van der Waals surface area contributed by atoms with Crippen molar-refractivity contribution in [1.29, 1.82) is 0 Å². The molecule has 1 heterocycles. The fourth-order valence-electron chi connectivity index (χ4n) is 1.94. The Labute approximate surface area is 161 Å². The maximum absolute atomic E-state index is 13.2. The number of benzene rings is 2. The van der Waals surface area contributed by atoms with E-state index in [4.69, 9.17) is 23.2 Å². The van der Waals surface area contributed by atoms with E-state index < -0.39 is 0 Å². The van der Waals surface area contributed by atoms with Crippen LogP contribution in [0, 0.1) is 5.82 Å². The van der Waals surface area contributed by atoms with E-state index in [9.17, 15) is 9.18 Å². The van der Waals surface area contributed by atoms with Gasteiger partial charge in [0.15, 0.2) is 4.34 Å². The Morgan fingerprint density at radius 1 is 1.16 bits per heavy atom. The van der Waals surface area contributed by atoms with Gasteiger partial charge in [-0.05, 0) is 35.9 Å². The lowest BCUT2D eigenvalue weighted by molar-refractivity contribution is 0.102. The molecule has 0 aliphatic heterocycles. The summed E-state index contributed by atoms with van der Waals surface area (Å²) in [5.74, 6) is -0.0877. The SMILES string of the molecule is O=C(Nc1nnc(SCc2cccc(F)c2)s1)c1cc(Cl)cc(Cl)c1. The fourth-order valence-corrected chi connectivity index (χ4v) is 4.16. The molecule has 0 spiro atoms. The Morgan fingerprint density at radius 3 is 2.64 bits per heavy atom. The number of aromatic nitrogens is 2. The molecule has 0 aliphatic rings. The predicted octanol–water partition coefficient (Wildman–Crippen LogP) is 5.53. The zero-order valence-corrected chi connectivity index (χ0v) is 15.6. The first-order chi connectivity index (χ1) is 12.0. The number of carbonyl (C=O) groups excluding carboxylic acids is 1. The summed E-state index contributed by atoms with van der Waals surface area (Å²) in [6.45, 7) is 0. The van der Waals surface area contributed by atoms with Gasteiger partial charge < -0.3 is 0 Å². The van der Waals surface area contributed by atoms with Crippen LogP contribution in [0.3, 0.4) is 0 Å². The first kappa shape index (κ1) is 18.1. The molecule has 0 bridgehead atoms. The van der Waals surface area contributed by atoms with E-state index in [1.165, 1.54) is 47.4 Å². The molecule has 9 heteroatoms. The number of hydrogen-bond acceptors (Lipinski definition) is 5. The molecule has 3 rings (SSSR count). The minimum atomic E-state index is -0.373. The number of carbonyl (C=O) groups is 1. The van der Waals surface area contributed by atoms with E-state index in [1.807, 2.05) is 6.07 Å². The normalized spacial score (nSPS) is 10.7. The number of nitrogens with zero attached hydrogens (tertiary/aromatic N) is 2. The van der Waals surface area contributed by atoms with Crippen LogP contribution in [0.1, 0.15) is 15.9 Å². The highest BCUT2D eigenvalue weighted by Gasteiger charge is 2.12. The Kier molecular flexibility index (Phi) is 5.90. The zero-order valence-electron chi connectivity index (χ0n) is 12.5. The van der Waals surface area contributed by atoms with Gasteiger partial charge in [-0.25, -0.2) is 4.39 Å². The summed E-state index contributed by atoms with van der Waals surface area (Å²) in [5, 5.41) is 11.7. The van der Waals surface area contributed by atoms with Crippen LogP contribution in [0.25, 0.3) is 0 Å². The topological polar surface area (TPSA) is 54.9 Å².